The summed E-state index contributed by atoms with van der Waals surface area (Å²) in [5, 5.41) is 6.86. The van der Waals surface area contributed by atoms with Crippen molar-refractivity contribution in [3.05, 3.63) is 61.0 Å². The molecule has 1 aliphatic rings. The van der Waals surface area contributed by atoms with Crippen molar-refractivity contribution in [2.45, 2.75) is 18.9 Å². The highest BCUT2D eigenvalue weighted by Gasteiger charge is 2.19. The number of anilines is 1. The predicted molar refractivity (Wildman–Crippen MR) is 134 cm³/mol. The van der Waals surface area contributed by atoms with E-state index in [1.54, 1.807) is 24.6 Å². The fraction of sp³-hybridized carbons (Fsp3) is 0.231. The smallest absolute Gasteiger partial charge is 0.412 e. The minimum absolute atomic E-state index is 0.265. The Bertz CT molecular complexity index is 1550. The van der Waals surface area contributed by atoms with Crippen LogP contribution < -0.4 is 15.4 Å². The molecule has 1 fully saturated rings. The highest BCUT2D eigenvalue weighted by atomic mass is 16.6. The Kier molecular flexibility index (Phi) is 5.70. The minimum atomic E-state index is -0.543. The average Bonchev–Trinajstić information content (AvgIpc) is 3.53. The van der Waals surface area contributed by atoms with Crippen molar-refractivity contribution >= 4 is 34.0 Å². The van der Waals surface area contributed by atoms with Gasteiger partial charge in [-0.3, -0.25) is 4.57 Å². The van der Waals surface area contributed by atoms with Crippen LogP contribution in [0.4, 0.5) is 10.7 Å². The molecule has 0 unspecified atom stereocenters. The SMILES string of the molecule is CNC(=O)Oc1ccc2c(c1)nc(-c1ccc3occc3c1)n2-c1ccnc(NC2CCOCC2)n1. The second-order valence-electron chi connectivity index (χ2n) is 8.50. The number of nitrogens with zero attached hydrogens (tertiary/aromatic N) is 4. The van der Waals surface area contributed by atoms with E-state index in [-0.39, 0.29) is 6.04 Å². The number of carbonyl (C=O) groups is 1. The first-order valence-electron chi connectivity index (χ1n) is 11.8. The van der Waals surface area contributed by atoms with Gasteiger partial charge >= 0.3 is 6.09 Å². The van der Waals surface area contributed by atoms with Crippen LogP contribution in [-0.4, -0.2) is 51.9 Å². The number of imidazole rings is 1. The average molecular weight is 485 g/mol. The Morgan fingerprint density at radius 1 is 1.08 bits per heavy atom. The van der Waals surface area contributed by atoms with Gasteiger partial charge in [0.15, 0.2) is 0 Å². The lowest BCUT2D eigenvalue weighted by Gasteiger charge is -2.23. The molecular weight excluding hydrogens is 460 g/mol. The molecule has 36 heavy (non-hydrogen) atoms. The van der Waals surface area contributed by atoms with E-state index in [1.165, 1.54) is 7.05 Å². The maximum absolute atomic E-state index is 11.7. The normalized spacial score (nSPS) is 14.2. The van der Waals surface area contributed by atoms with Gasteiger partial charge in [-0.2, -0.15) is 4.98 Å². The maximum atomic E-state index is 11.7. The number of fused-ring (bicyclic) bond motifs is 2. The van der Waals surface area contributed by atoms with E-state index in [9.17, 15) is 4.79 Å². The molecule has 10 nitrogen and oxygen atoms in total. The van der Waals surface area contributed by atoms with Gasteiger partial charge in [0, 0.05) is 49.5 Å². The zero-order chi connectivity index (χ0) is 24.5. The fourth-order valence-corrected chi connectivity index (χ4v) is 4.38. The first kappa shape index (κ1) is 22.1. The third-order valence-corrected chi connectivity index (χ3v) is 6.18. The zero-order valence-electron chi connectivity index (χ0n) is 19.6. The molecule has 1 aliphatic heterocycles. The zero-order valence-corrected chi connectivity index (χ0v) is 19.6. The van der Waals surface area contributed by atoms with Gasteiger partial charge in [0.05, 0.1) is 17.3 Å². The van der Waals surface area contributed by atoms with Crippen molar-refractivity contribution in [2.75, 3.05) is 25.6 Å². The van der Waals surface area contributed by atoms with Gasteiger partial charge in [0.2, 0.25) is 5.95 Å². The highest BCUT2D eigenvalue weighted by molar-refractivity contribution is 5.88. The van der Waals surface area contributed by atoms with E-state index in [4.69, 9.17) is 23.9 Å². The van der Waals surface area contributed by atoms with Gasteiger partial charge in [-0.05, 0) is 55.3 Å². The van der Waals surface area contributed by atoms with E-state index in [2.05, 4.69) is 15.6 Å². The maximum Gasteiger partial charge on any atom is 0.412 e. The monoisotopic (exact) mass is 484 g/mol. The second-order valence-corrected chi connectivity index (χ2v) is 8.50. The van der Waals surface area contributed by atoms with Crippen LogP contribution in [0.25, 0.3) is 39.2 Å². The molecule has 2 aromatic carbocycles. The topological polar surface area (TPSA) is 116 Å². The van der Waals surface area contributed by atoms with Crippen LogP contribution in [0.5, 0.6) is 5.75 Å². The number of aromatic nitrogens is 4. The Hall–Kier alpha value is -4.44. The number of hydrogen-bond donors (Lipinski definition) is 2. The summed E-state index contributed by atoms with van der Waals surface area (Å²) in [4.78, 5) is 25.9. The molecule has 0 bridgehead atoms. The van der Waals surface area contributed by atoms with E-state index < -0.39 is 6.09 Å². The fourth-order valence-electron chi connectivity index (χ4n) is 4.38. The number of hydrogen-bond acceptors (Lipinski definition) is 8. The molecule has 2 N–H and O–H groups in total. The van der Waals surface area contributed by atoms with Crippen molar-refractivity contribution in [1.29, 1.82) is 0 Å². The predicted octanol–water partition coefficient (Wildman–Crippen LogP) is 4.54. The molecule has 0 aliphatic carbocycles. The van der Waals surface area contributed by atoms with Crippen LogP contribution in [0.3, 0.4) is 0 Å². The molecule has 1 saturated heterocycles. The van der Waals surface area contributed by atoms with Crippen molar-refractivity contribution in [2.24, 2.45) is 0 Å². The molecule has 5 aromatic rings. The summed E-state index contributed by atoms with van der Waals surface area (Å²) >= 11 is 0. The summed E-state index contributed by atoms with van der Waals surface area (Å²) in [7, 11) is 1.51. The standard InChI is InChI=1S/C26H24N6O4/c1-27-26(33)36-19-3-4-21-20(15-19)30-24(17-2-5-22-16(14-17)7-13-35-22)32(21)23-6-10-28-25(31-23)29-18-8-11-34-12-9-18/h2-7,10,13-15,18H,8-9,11-12H2,1H3,(H,27,33)(H,28,29,31). The van der Waals surface area contributed by atoms with Crippen molar-refractivity contribution in [3.8, 4) is 23.0 Å². The molecule has 6 rings (SSSR count). The third-order valence-electron chi connectivity index (χ3n) is 6.18. The quantitative estimate of drug-likeness (QED) is 0.374. The Labute approximate surface area is 206 Å². The lowest BCUT2D eigenvalue weighted by Crippen LogP contribution is -2.28. The molecule has 0 atom stereocenters. The van der Waals surface area contributed by atoms with E-state index >= 15 is 0 Å². The second kappa shape index (κ2) is 9.31. The van der Waals surface area contributed by atoms with Gasteiger partial charge in [0.25, 0.3) is 0 Å². The minimum Gasteiger partial charge on any atom is -0.464 e. The van der Waals surface area contributed by atoms with Crippen molar-refractivity contribution in [1.82, 2.24) is 24.8 Å². The Morgan fingerprint density at radius 2 is 1.97 bits per heavy atom. The molecule has 182 valence electrons. The number of rotatable bonds is 5. The first-order chi connectivity index (χ1) is 17.7. The summed E-state index contributed by atoms with van der Waals surface area (Å²) in [6.07, 6.45) is 4.68. The first-order valence-corrected chi connectivity index (χ1v) is 11.8. The van der Waals surface area contributed by atoms with Gasteiger partial charge in [-0.1, -0.05) is 0 Å². The molecule has 0 radical (unpaired) electrons. The third kappa shape index (κ3) is 4.22. The van der Waals surface area contributed by atoms with Crippen LogP contribution >= 0.6 is 0 Å². The molecular formula is C26H24N6O4. The number of ether oxygens (including phenoxy) is 2. The Morgan fingerprint density at radius 3 is 2.83 bits per heavy atom. The van der Waals surface area contributed by atoms with Gasteiger partial charge in [-0.25, -0.2) is 14.8 Å². The van der Waals surface area contributed by atoms with Crippen LogP contribution in [0.1, 0.15) is 12.8 Å². The number of benzene rings is 2. The molecule has 4 heterocycles. The van der Waals surface area contributed by atoms with E-state index in [0.29, 0.717) is 28.9 Å². The molecule has 0 saturated carbocycles. The van der Waals surface area contributed by atoms with Gasteiger partial charge in [0.1, 0.15) is 23.0 Å². The number of amides is 1. The summed E-state index contributed by atoms with van der Waals surface area (Å²) in [5.74, 6) is 2.31. The van der Waals surface area contributed by atoms with Crippen LogP contribution in [0.15, 0.2) is 65.4 Å². The molecule has 3 aromatic heterocycles. The van der Waals surface area contributed by atoms with E-state index in [1.807, 2.05) is 41.0 Å². The molecule has 0 spiro atoms. The van der Waals surface area contributed by atoms with E-state index in [0.717, 1.165) is 48.1 Å². The highest BCUT2D eigenvalue weighted by Crippen LogP contribution is 2.32. The van der Waals surface area contributed by atoms with Gasteiger partial charge in [-0.15, -0.1) is 0 Å². The van der Waals surface area contributed by atoms with Crippen LogP contribution in [0, 0.1) is 0 Å². The lowest BCUT2D eigenvalue weighted by atomic mass is 10.1. The molecule has 10 heteroatoms. The lowest BCUT2D eigenvalue weighted by molar-refractivity contribution is 0.0903. The van der Waals surface area contributed by atoms with Crippen molar-refractivity contribution < 1.29 is 18.7 Å². The van der Waals surface area contributed by atoms with Gasteiger partial charge < -0.3 is 24.5 Å². The molecule has 1 amide bonds. The summed E-state index contributed by atoms with van der Waals surface area (Å²) in [6.45, 7) is 1.45. The van der Waals surface area contributed by atoms with Crippen LogP contribution in [0.2, 0.25) is 0 Å². The summed E-state index contributed by atoms with van der Waals surface area (Å²) in [5.41, 5.74) is 3.17. The number of nitrogens with one attached hydrogen (secondary N) is 2. The number of carbonyl (C=O) groups excluding carboxylic acids is 1. The van der Waals surface area contributed by atoms with Crippen molar-refractivity contribution in [3.63, 3.8) is 0 Å². The summed E-state index contributed by atoms with van der Waals surface area (Å²) in [6, 6.07) is 15.3. The Balaban J connectivity index is 1.47. The largest absolute Gasteiger partial charge is 0.464 e. The summed E-state index contributed by atoms with van der Waals surface area (Å²) < 4.78 is 18.3. The van der Waals surface area contributed by atoms with Crippen LogP contribution in [-0.2, 0) is 4.74 Å². The number of furan rings is 1.